The molecule has 3 rings (SSSR count). The van der Waals surface area contributed by atoms with Crippen LogP contribution < -0.4 is 5.32 Å². The van der Waals surface area contributed by atoms with Crippen LogP contribution in [0.3, 0.4) is 0 Å². The Morgan fingerprint density at radius 2 is 1.83 bits per heavy atom. The molecule has 0 aromatic heterocycles. The number of nitrogens with zero attached hydrogens (tertiary/aromatic N) is 2. The lowest BCUT2D eigenvalue weighted by Crippen LogP contribution is -2.55. The summed E-state index contributed by atoms with van der Waals surface area (Å²) in [5.74, 6) is 2.20. The van der Waals surface area contributed by atoms with Crippen LogP contribution in [0.4, 0.5) is 0 Å². The van der Waals surface area contributed by atoms with Gasteiger partial charge in [-0.3, -0.25) is 15.0 Å². The van der Waals surface area contributed by atoms with Crippen LogP contribution in [-0.4, -0.2) is 65.6 Å². The Morgan fingerprint density at radius 1 is 1.11 bits per heavy atom. The predicted molar refractivity (Wildman–Crippen MR) is 74.7 cm³/mol. The first-order valence-corrected chi connectivity index (χ1v) is 8.34. The van der Waals surface area contributed by atoms with Crippen LogP contribution in [-0.2, 0) is 4.79 Å². The highest BCUT2D eigenvalue weighted by Crippen LogP contribution is 2.24. The lowest BCUT2D eigenvalue weighted by Gasteiger charge is -2.38. The van der Waals surface area contributed by atoms with Gasteiger partial charge in [0.15, 0.2) is 0 Å². The zero-order chi connectivity index (χ0) is 12.4. The van der Waals surface area contributed by atoms with E-state index in [0.29, 0.717) is 5.91 Å². The molecular weight excluding hydrogens is 246 g/mol. The standard InChI is InChI=1S/C13H23N3OS/c17-13(12-9-18-10-14-12)16-7-5-15(6-8-16)11-3-1-2-4-11/h11-12,14H,1-10H2. The molecule has 18 heavy (non-hydrogen) atoms. The van der Waals surface area contributed by atoms with Crippen molar-refractivity contribution in [1.29, 1.82) is 0 Å². The van der Waals surface area contributed by atoms with Crippen molar-refractivity contribution in [1.82, 2.24) is 15.1 Å². The van der Waals surface area contributed by atoms with Gasteiger partial charge in [-0.2, -0.15) is 0 Å². The van der Waals surface area contributed by atoms with Gasteiger partial charge in [-0.05, 0) is 12.8 Å². The van der Waals surface area contributed by atoms with Gasteiger partial charge < -0.3 is 4.90 Å². The van der Waals surface area contributed by atoms with E-state index >= 15 is 0 Å². The van der Waals surface area contributed by atoms with E-state index in [1.54, 1.807) is 0 Å². The number of carbonyl (C=O) groups is 1. The van der Waals surface area contributed by atoms with Gasteiger partial charge in [-0.25, -0.2) is 0 Å². The minimum Gasteiger partial charge on any atom is -0.339 e. The van der Waals surface area contributed by atoms with E-state index in [0.717, 1.165) is 43.9 Å². The van der Waals surface area contributed by atoms with Gasteiger partial charge >= 0.3 is 0 Å². The molecule has 102 valence electrons. The van der Waals surface area contributed by atoms with Gasteiger partial charge in [0.1, 0.15) is 0 Å². The fourth-order valence-electron chi connectivity index (χ4n) is 3.35. The van der Waals surface area contributed by atoms with Crippen molar-refractivity contribution in [3.8, 4) is 0 Å². The zero-order valence-corrected chi connectivity index (χ0v) is 11.8. The fourth-order valence-corrected chi connectivity index (χ4v) is 4.28. The molecule has 5 heteroatoms. The Kier molecular flexibility index (Phi) is 4.11. The zero-order valence-electron chi connectivity index (χ0n) is 10.9. The maximum atomic E-state index is 12.3. The molecule has 2 saturated heterocycles. The second-order valence-corrected chi connectivity index (χ2v) is 6.60. The van der Waals surface area contributed by atoms with Crippen molar-refractivity contribution >= 4 is 17.7 Å². The summed E-state index contributed by atoms with van der Waals surface area (Å²) in [5, 5.41) is 3.28. The van der Waals surface area contributed by atoms with Gasteiger partial charge in [0, 0.05) is 43.9 Å². The average molecular weight is 269 g/mol. The summed E-state index contributed by atoms with van der Waals surface area (Å²) in [6.07, 6.45) is 5.53. The molecule has 1 amide bonds. The molecule has 2 aliphatic heterocycles. The summed E-state index contributed by atoms with van der Waals surface area (Å²) >= 11 is 1.83. The number of nitrogens with one attached hydrogen (secondary N) is 1. The minimum absolute atomic E-state index is 0.0769. The molecule has 2 heterocycles. The van der Waals surface area contributed by atoms with Crippen molar-refractivity contribution in [3.63, 3.8) is 0 Å². The Bertz CT molecular complexity index is 293. The molecule has 1 saturated carbocycles. The molecule has 3 fully saturated rings. The first-order chi connectivity index (χ1) is 8.84. The monoisotopic (exact) mass is 269 g/mol. The molecule has 1 N–H and O–H groups in total. The van der Waals surface area contributed by atoms with Crippen molar-refractivity contribution in [2.45, 2.75) is 37.8 Å². The van der Waals surface area contributed by atoms with E-state index in [9.17, 15) is 4.79 Å². The van der Waals surface area contributed by atoms with Crippen molar-refractivity contribution < 1.29 is 4.79 Å². The molecule has 4 nitrogen and oxygen atoms in total. The first-order valence-electron chi connectivity index (χ1n) is 7.18. The van der Waals surface area contributed by atoms with Crippen LogP contribution in [0.15, 0.2) is 0 Å². The average Bonchev–Trinajstić information content (AvgIpc) is 3.11. The Hall–Kier alpha value is -0.260. The van der Waals surface area contributed by atoms with Gasteiger partial charge in [0.2, 0.25) is 5.91 Å². The summed E-state index contributed by atoms with van der Waals surface area (Å²) in [7, 11) is 0. The van der Waals surface area contributed by atoms with E-state index in [-0.39, 0.29) is 6.04 Å². The topological polar surface area (TPSA) is 35.6 Å². The van der Waals surface area contributed by atoms with E-state index in [4.69, 9.17) is 0 Å². The summed E-state index contributed by atoms with van der Waals surface area (Å²) < 4.78 is 0. The second kappa shape index (κ2) is 5.80. The number of hydrogen-bond donors (Lipinski definition) is 1. The number of piperazine rings is 1. The lowest BCUT2D eigenvalue weighted by atomic mass is 10.1. The quantitative estimate of drug-likeness (QED) is 0.802. The first kappa shape index (κ1) is 12.8. The Morgan fingerprint density at radius 3 is 2.44 bits per heavy atom. The van der Waals surface area contributed by atoms with Gasteiger partial charge in [0.25, 0.3) is 0 Å². The fraction of sp³-hybridized carbons (Fsp3) is 0.923. The highest BCUT2D eigenvalue weighted by molar-refractivity contribution is 7.99. The SMILES string of the molecule is O=C(C1CSCN1)N1CCN(C2CCCC2)CC1. The smallest absolute Gasteiger partial charge is 0.240 e. The normalized spacial score (nSPS) is 31.1. The van der Waals surface area contributed by atoms with Gasteiger partial charge in [-0.15, -0.1) is 11.8 Å². The van der Waals surface area contributed by atoms with Crippen LogP contribution >= 0.6 is 11.8 Å². The largest absolute Gasteiger partial charge is 0.339 e. The summed E-state index contributed by atoms with van der Waals surface area (Å²) in [6, 6.07) is 0.885. The van der Waals surface area contributed by atoms with Crippen LogP contribution in [0.5, 0.6) is 0 Å². The number of rotatable bonds is 2. The molecule has 0 spiro atoms. The van der Waals surface area contributed by atoms with E-state index in [2.05, 4.69) is 15.1 Å². The third-order valence-corrected chi connectivity index (χ3v) is 5.42. The summed E-state index contributed by atoms with van der Waals surface area (Å²) in [5.41, 5.74) is 0. The Labute approximate surface area is 113 Å². The van der Waals surface area contributed by atoms with Crippen LogP contribution in [0, 0.1) is 0 Å². The van der Waals surface area contributed by atoms with Crippen LogP contribution in [0.1, 0.15) is 25.7 Å². The molecular formula is C13H23N3OS. The second-order valence-electron chi connectivity index (χ2n) is 5.57. The molecule has 1 atom stereocenters. The molecule has 3 aliphatic rings. The van der Waals surface area contributed by atoms with E-state index in [1.807, 2.05) is 11.8 Å². The molecule has 0 aromatic rings. The van der Waals surface area contributed by atoms with E-state index in [1.165, 1.54) is 25.7 Å². The molecule has 1 aliphatic carbocycles. The van der Waals surface area contributed by atoms with Crippen LogP contribution in [0.2, 0.25) is 0 Å². The number of thioether (sulfide) groups is 1. The number of hydrogen-bond acceptors (Lipinski definition) is 4. The van der Waals surface area contributed by atoms with Crippen LogP contribution in [0.25, 0.3) is 0 Å². The van der Waals surface area contributed by atoms with Gasteiger partial charge in [-0.1, -0.05) is 12.8 Å². The highest BCUT2D eigenvalue weighted by atomic mass is 32.2. The lowest BCUT2D eigenvalue weighted by molar-refractivity contribution is -0.134. The molecule has 0 radical (unpaired) electrons. The maximum absolute atomic E-state index is 12.3. The third-order valence-electron chi connectivity index (χ3n) is 4.48. The Balaban J connectivity index is 1.48. The molecule has 0 bridgehead atoms. The van der Waals surface area contributed by atoms with Crippen molar-refractivity contribution in [3.05, 3.63) is 0 Å². The highest BCUT2D eigenvalue weighted by Gasteiger charge is 2.31. The van der Waals surface area contributed by atoms with Gasteiger partial charge in [0.05, 0.1) is 6.04 Å². The third kappa shape index (κ3) is 2.68. The predicted octanol–water partition coefficient (Wildman–Crippen LogP) is 0.736. The molecule has 0 aromatic carbocycles. The number of amides is 1. The number of carbonyl (C=O) groups excluding carboxylic acids is 1. The molecule has 1 unspecified atom stereocenters. The van der Waals surface area contributed by atoms with E-state index < -0.39 is 0 Å². The maximum Gasteiger partial charge on any atom is 0.240 e. The van der Waals surface area contributed by atoms with Crippen molar-refractivity contribution in [2.75, 3.05) is 37.8 Å². The summed E-state index contributed by atoms with van der Waals surface area (Å²) in [4.78, 5) is 16.9. The minimum atomic E-state index is 0.0769. The summed E-state index contributed by atoms with van der Waals surface area (Å²) in [6.45, 7) is 4.02. The van der Waals surface area contributed by atoms with Crippen molar-refractivity contribution in [2.24, 2.45) is 0 Å².